The molecular formula is C24H27Cl2NO4. The molecule has 31 heavy (non-hydrogen) atoms. The van der Waals surface area contributed by atoms with Crippen molar-refractivity contribution in [2.45, 2.75) is 57.5 Å². The quantitative estimate of drug-likeness (QED) is 0.502. The summed E-state index contributed by atoms with van der Waals surface area (Å²) in [4.78, 5) is 25.9. The number of rotatable bonds is 6. The molecule has 1 fully saturated rings. The molecule has 0 heterocycles. The Morgan fingerprint density at radius 1 is 1.03 bits per heavy atom. The van der Waals surface area contributed by atoms with Crippen LogP contribution in [0.4, 0.5) is 5.69 Å². The van der Waals surface area contributed by atoms with Gasteiger partial charge in [-0.25, -0.2) is 4.79 Å². The molecule has 0 aliphatic heterocycles. The lowest BCUT2D eigenvalue weighted by atomic mass is 9.68. The fourth-order valence-corrected chi connectivity index (χ4v) is 4.73. The molecule has 0 aromatic heterocycles. The zero-order chi connectivity index (χ0) is 22.6. The molecule has 1 aliphatic rings. The van der Waals surface area contributed by atoms with Gasteiger partial charge in [-0.15, -0.1) is 0 Å². The monoisotopic (exact) mass is 463 g/mol. The average molecular weight is 464 g/mol. The molecule has 0 bridgehead atoms. The second-order valence-electron chi connectivity index (χ2n) is 8.09. The third kappa shape index (κ3) is 5.16. The van der Waals surface area contributed by atoms with E-state index in [0.717, 1.165) is 24.8 Å². The Balaban J connectivity index is 1.96. The molecule has 7 heteroatoms. The molecule has 2 aromatic rings. The highest BCUT2D eigenvalue weighted by atomic mass is 35.5. The van der Waals surface area contributed by atoms with Crippen LogP contribution in [0.15, 0.2) is 36.4 Å². The van der Waals surface area contributed by atoms with Crippen LogP contribution in [-0.2, 0) is 14.9 Å². The van der Waals surface area contributed by atoms with E-state index in [0.29, 0.717) is 34.3 Å². The molecule has 5 nitrogen and oxygen atoms in total. The maximum absolute atomic E-state index is 13.6. The summed E-state index contributed by atoms with van der Waals surface area (Å²) in [6, 6.07) is 10.3. The summed E-state index contributed by atoms with van der Waals surface area (Å²) < 4.78 is 10.6. The Morgan fingerprint density at radius 3 is 2.35 bits per heavy atom. The molecular weight excluding hydrogens is 437 g/mol. The normalized spacial score (nSPS) is 15.4. The number of hydrogen-bond donors (Lipinski definition) is 1. The zero-order valence-electron chi connectivity index (χ0n) is 18.0. The standard InChI is InChI=1S/C24H27Cl2NO4/c1-15(2)31-21-10-8-17(14-18(21)22(28)30-3)27-23(29)24(11-5-4-6-12-24)19-9-7-16(25)13-20(19)26/h7-10,13-15H,4-6,11-12H2,1-3H3,(H,27,29). The third-order valence-corrected chi connectivity index (χ3v) is 6.14. The van der Waals surface area contributed by atoms with E-state index in [2.05, 4.69) is 5.32 Å². The van der Waals surface area contributed by atoms with Gasteiger partial charge in [0.15, 0.2) is 0 Å². The first kappa shape index (κ1) is 23.4. The minimum absolute atomic E-state index is 0.110. The van der Waals surface area contributed by atoms with Crippen LogP contribution in [0, 0.1) is 0 Å². The van der Waals surface area contributed by atoms with E-state index in [1.54, 1.807) is 30.3 Å². The zero-order valence-corrected chi connectivity index (χ0v) is 19.5. The summed E-state index contributed by atoms with van der Waals surface area (Å²) in [5, 5.41) is 4.02. The summed E-state index contributed by atoms with van der Waals surface area (Å²) in [6.07, 6.45) is 4.22. The highest BCUT2D eigenvalue weighted by Crippen LogP contribution is 2.44. The van der Waals surface area contributed by atoms with Crippen molar-refractivity contribution >= 4 is 40.8 Å². The van der Waals surface area contributed by atoms with Crippen LogP contribution < -0.4 is 10.1 Å². The van der Waals surface area contributed by atoms with Crippen molar-refractivity contribution in [3.63, 3.8) is 0 Å². The fourth-order valence-electron chi connectivity index (χ4n) is 4.14. The van der Waals surface area contributed by atoms with Gasteiger partial charge in [0.05, 0.1) is 18.6 Å². The number of nitrogens with one attached hydrogen (secondary N) is 1. The van der Waals surface area contributed by atoms with Crippen LogP contribution in [-0.4, -0.2) is 25.1 Å². The minimum Gasteiger partial charge on any atom is -0.490 e. The maximum atomic E-state index is 13.6. The van der Waals surface area contributed by atoms with Gasteiger partial charge in [0.2, 0.25) is 5.91 Å². The van der Waals surface area contributed by atoms with Gasteiger partial charge in [0.25, 0.3) is 0 Å². The third-order valence-electron chi connectivity index (χ3n) is 5.59. The van der Waals surface area contributed by atoms with Gasteiger partial charge in [-0.05, 0) is 62.6 Å². The van der Waals surface area contributed by atoms with Crippen molar-refractivity contribution in [3.05, 3.63) is 57.6 Å². The van der Waals surface area contributed by atoms with Crippen LogP contribution in [0.2, 0.25) is 10.0 Å². The average Bonchev–Trinajstić information content (AvgIpc) is 2.74. The highest BCUT2D eigenvalue weighted by molar-refractivity contribution is 6.35. The predicted octanol–water partition coefficient (Wildman–Crippen LogP) is 6.41. The number of carbonyl (C=O) groups is 2. The van der Waals surface area contributed by atoms with Crippen molar-refractivity contribution in [1.82, 2.24) is 0 Å². The Hall–Kier alpha value is -2.24. The Bertz CT molecular complexity index is 968. The van der Waals surface area contributed by atoms with E-state index in [4.69, 9.17) is 32.7 Å². The van der Waals surface area contributed by atoms with Gasteiger partial charge in [0, 0.05) is 15.7 Å². The Labute approximate surface area is 193 Å². The summed E-state index contributed by atoms with van der Waals surface area (Å²) >= 11 is 12.6. The van der Waals surface area contributed by atoms with E-state index in [9.17, 15) is 9.59 Å². The number of benzene rings is 2. The van der Waals surface area contributed by atoms with E-state index in [-0.39, 0.29) is 17.6 Å². The Morgan fingerprint density at radius 2 is 1.74 bits per heavy atom. The van der Waals surface area contributed by atoms with Crippen molar-refractivity contribution in [2.75, 3.05) is 12.4 Å². The van der Waals surface area contributed by atoms with Crippen molar-refractivity contribution < 1.29 is 19.1 Å². The first-order valence-electron chi connectivity index (χ1n) is 10.4. The first-order chi connectivity index (χ1) is 14.8. The number of amides is 1. The number of carbonyl (C=O) groups excluding carboxylic acids is 2. The molecule has 3 rings (SSSR count). The minimum atomic E-state index is -0.752. The molecule has 166 valence electrons. The number of methoxy groups -OCH3 is 1. The first-order valence-corrected chi connectivity index (χ1v) is 11.2. The predicted molar refractivity (Wildman–Crippen MR) is 123 cm³/mol. The van der Waals surface area contributed by atoms with Gasteiger partial charge in [-0.2, -0.15) is 0 Å². The molecule has 2 aromatic carbocycles. The summed E-state index contributed by atoms with van der Waals surface area (Å²) in [5.74, 6) is -0.266. The van der Waals surface area contributed by atoms with Crippen LogP contribution in [0.3, 0.4) is 0 Å². The molecule has 1 amide bonds. The topological polar surface area (TPSA) is 64.6 Å². The summed E-state index contributed by atoms with van der Waals surface area (Å²) in [5.41, 5.74) is 0.787. The van der Waals surface area contributed by atoms with Gasteiger partial charge in [-0.1, -0.05) is 48.5 Å². The number of hydrogen-bond acceptors (Lipinski definition) is 4. The van der Waals surface area contributed by atoms with Crippen LogP contribution in [0.25, 0.3) is 0 Å². The molecule has 0 unspecified atom stereocenters. The SMILES string of the molecule is COC(=O)c1cc(NC(=O)C2(c3ccc(Cl)cc3Cl)CCCCC2)ccc1OC(C)C. The maximum Gasteiger partial charge on any atom is 0.341 e. The van der Waals surface area contributed by atoms with Crippen molar-refractivity contribution in [2.24, 2.45) is 0 Å². The number of esters is 1. The molecule has 1 N–H and O–H groups in total. The van der Waals surface area contributed by atoms with Crippen LogP contribution >= 0.6 is 23.2 Å². The highest BCUT2D eigenvalue weighted by Gasteiger charge is 2.42. The smallest absolute Gasteiger partial charge is 0.341 e. The molecule has 0 radical (unpaired) electrons. The van der Waals surface area contributed by atoms with E-state index in [1.807, 2.05) is 19.9 Å². The van der Waals surface area contributed by atoms with Gasteiger partial charge in [-0.3, -0.25) is 4.79 Å². The lowest BCUT2D eigenvalue weighted by Crippen LogP contribution is -2.42. The number of ether oxygens (including phenoxy) is 2. The lowest BCUT2D eigenvalue weighted by Gasteiger charge is -2.37. The van der Waals surface area contributed by atoms with E-state index in [1.165, 1.54) is 7.11 Å². The summed E-state index contributed by atoms with van der Waals surface area (Å²) in [7, 11) is 1.31. The molecule has 1 saturated carbocycles. The van der Waals surface area contributed by atoms with E-state index >= 15 is 0 Å². The second kappa shape index (κ2) is 9.92. The van der Waals surface area contributed by atoms with E-state index < -0.39 is 11.4 Å². The van der Waals surface area contributed by atoms with Crippen molar-refractivity contribution in [1.29, 1.82) is 0 Å². The second-order valence-corrected chi connectivity index (χ2v) is 8.93. The molecule has 0 saturated heterocycles. The Kier molecular flexibility index (Phi) is 7.50. The molecule has 1 aliphatic carbocycles. The van der Waals surface area contributed by atoms with Gasteiger partial charge in [0.1, 0.15) is 11.3 Å². The fraction of sp³-hybridized carbons (Fsp3) is 0.417. The van der Waals surface area contributed by atoms with Crippen LogP contribution in [0.1, 0.15) is 61.9 Å². The number of halogens is 2. The molecule has 0 atom stereocenters. The lowest BCUT2D eigenvalue weighted by molar-refractivity contribution is -0.122. The van der Waals surface area contributed by atoms with Gasteiger partial charge >= 0.3 is 5.97 Å². The number of anilines is 1. The van der Waals surface area contributed by atoms with Gasteiger partial charge < -0.3 is 14.8 Å². The van der Waals surface area contributed by atoms with Crippen molar-refractivity contribution in [3.8, 4) is 5.75 Å². The summed E-state index contributed by atoms with van der Waals surface area (Å²) in [6.45, 7) is 3.75. The molecule has 0 spiro atoms. The van der Waals surface area contributed by atoms with Crippen LogP contribution in [0.5, 0.6) is 5.75 Å². The largest absolute Gasteiger partial charge is 0.490 e.